The summed E-state index contributed by atoms with van der Waals surface area (Å²) in [6.45, 7) is 7.80. The van der Waals surface area contributed by atoms with Crippen LogP contribution in [-0.2, 0) is 9.47 Å². The van der Waals surface area contributed by atoms with Crippen LogP contribution in [0.3, 0.4) is 0 Å². The lowest BCUT2D eigenvalue weighted by Gasteiger charge is -2.20. The quantitative estimate of drug-likeness (QED) is 0.798. The first kappa shape index (κ1) is 13.1. The van der Waals surface area contributed by atoms with Crippen molar-refractivity contribution < 1.29 is 9.47 Å². The maximum Gasteiger partial charge on any atom is 0.177 e. The fourth-order valence-electron chi connectivity index (χ4n) is 2.06. The van der Waals surface area contributed by atoms with Gasteiger partial charge in [0.1, 0.15) is 0 Å². The second-order valence-electron chi connectivity index (χ2n) is 4.23. The van der Waals surface area contributed by atoms with Crippen LogP contribution in [0.2, 0.25) is 0 Å². The third-order valence-electron chi connectivity index (χ3n) is 3.12. The second kappa shape index (κ2) is 6.57. The van der Waals surface area contributed by atoms with E-state index in [1.165, 1.54) is 11.3 Å². The number of hydrogen-bond donors (Lipinski definition) is 0. The first-order valence-corrected chi connectivity index (χ1v) is 6.60. The van der Waals surface area contributed by atoms with Gasteiger partial charge < -0.3 is 14.4 Å². The van der Waals surface area contributed by atoms with E-state index < -0.39 is 0 Å². The topological polar surface area (TPSA) is 21.7 Å². The monoisotopic (exact) mass is 247 g/mol. The largest absolute Gasteiger partial charge is 0.372 e. The maximum absolute atomic E-state index is 5.35. The van der Waals surface area contributed by atoms with Crippen molar-refractivity contribution in [1.82, 2.24) is 0 Å². The lowest BCUT2D eigenvalue weighted by molar-refractivity contribution is -0.000907. The van der Waals surface area contributed by atoms with E-state index in [0.29, 0.717) is 13.2 Å². The van der Waals surface area contributed by atoms with Crippen molar-refractivity contribution >= 4 is 11.8 Å². The molecule has 2 rings (SSSR count). The SMILES string of the molecule is CCN(CC)c1ccc(/C=C/C2OCCO2)cc1. The summed E-state index contributed by atoms with van der Waals surface area (Å²) in [4.78, 5) is 2.33. The van der Waals surface area contributed by atoms with E-state index in [-0.39, 0.29) is 6.29 Å². The van der Waals surface area contributed by atoms with Crippen molar-refractivity contribution in [3.63, 3.8) is 0 Å². The van der Waals surface area contributed by atoms with Crippen LogP contribution in [0.25, 0.3) is 6.08 Å². The van der Waals surface area contributed by atoms with E-state index in [4.69, 9.17) is 9.47 Å². The molecular weight excluding hydrogens is 226 g/mol. The van der Waals surface area contributed by atoms with Gasteiger partial charge in [-0.05, 0) is 37.6 Å². The Morgan fingerprint density at radius 3 is 2.28 bits per heavy atom. The second-order valence-corrected chi connectivity index (χ2v) is 4.23. The fourth-order valence-corrected chi connectivity index (χ4v) is 2.06. The number of rotatable bonds is 5. The van der Waals surface area contributed by atoms with Crippen molar-refractivity contribution in [2.75, 3.05) is 31.2 Å². The van der Waals surface area contributed by atoms with Crippen molar-refractivity contribution in [3.05, 3.63) is 35.9 Å². The molecule has 0 spiro atoms. The Hall–Kier alpha value is -1.32. The van der Waals surface area contributed by atoms with Gasteiger partial charge in [0, 0.05) is 18.8 Å². The zero-order valence-corrected chi connectivity index (χ0v) is 11.1. The number of benzene rings is 1. The molecule has 0 atom stereocenters. The highest BCUT2D eigenvalue weighted by Crippen LogP contribution is 2.16. The minimum absolute atomic E-state index is 0.174. The smallest absolute Gasteiger partial charge is 0.177 e. The van der Waals surface area contributed by atoms with Crippen LogP contribution in [0.1, 0.15) is 19.4 Å². The number of hydrogen-bond acceptors (Lipinski definition) is 3. The van der Waals surface area contributed by atoms with Gasteiger partial charge in [0.25, 0.3) is 0 Å². The highest BCUT2D eigenvalue weighted by molar-refractivity contribution is 5.56. The molecule has 1 aliphatic rings. The van der Waals surface area contributed by atoms with Crippen LogP contribution in [0, 0.1) is 0 Å². The molecular formula is C15H21NO2. The number of ether oxygens (including phenoxy) is 2. The van der Waals surface area contributed by atoms with E-state index in [1.807, 2.05) is 12.2 Å². The molecule has 1 heterocycles. The van der Waals surface area contributed by atoms with Gasteiger partial charge in [-0.15, -0.1) is 0 Å². The average molecular weight is 247 g/mol. The highest BCUT2D eigenvalue weighted by atomic mass is 16.7. The van der Waals surface area contributed by atoms with E-state index in [2.05, 4.69) is 43.0 Å². The molecule has 3 nitrogen and oxygen atoms in total. The summed E-state index contributed by atoms with van der Waals surface area (Å²) < 4.78 is 10.7. The summed E-state index contributed by atoms with van der Waals surface area (Å²) in [5.74, 6) is 0. The third-order valence-corrected chi connectivity index (χ3v) is 3.12. The first-order chi connectivity index (χ1) is 8.83. The normalized spacial score (nSPS) is 16.6. The van der Waals surface area contributed by atoms with Crippen LogP contribution < -0.4 is 4.90 Å². The van der Waals surface area contributed by atoms with E-state index in [1.54, 1.807) is 0 Å². The standard InChI is InChI=1S/C15H21NO2/c1-3-16(4-2)14-8-5-13(6-9-14)7-10-15-17-11-12-18-15/h5-10,15H,3-4,11-12H2,1-2H3/b10-7+. The number of nitrogens with zero attached hydrogens (tertiary/aromatic N) is 1. The highest BCUT2D eigenvalue weighted by Gasteiger charge is 2.11. The Kier molecular flexibility index (Phi) is 4.79. The molecule has 3 heteroatoms. The van der Waals surface area contributed by atoms with Gasteiger partial charge in [-0.1, -0.05) is 18.2 Å². The summed E-state index contributed by atoms with van der Waals surface area (Å²) in [5, 5.41) is 0. The molecule has 0 bridgehead atoms. The molecule has 98 valence electrons. The predicted molar refractivity (Wildman–Crippen MR) is 74.7 cm³/mol. The minimum Gasteiger partial charge on any atom is -0.372 e. The molecule has 0 N–H and O–H groups in total. The van der Waals surface area contributed by atoms with Gasteiger partial charge in [0.2, 0.25) is 0 Å². The lowest BCUT2D eigenvalue weighted by atomic mass is 10.2. The molecule has 0 saturated carbocycles. The minimum atomic E-state index is -0.174. The van der Waals surface area contributed by atoms with Gasteiger partial charge in [-0.25, -0.2) is 0 Å². The van der Waals surface area contributed by atoms with Gasteiger partial charge in [0.15, 0.2) is 6.29 Å². The Balaban J connectivity index is 1.98. The molecule has 0 amide bonds. The molecule has 0 unspecified atom stereocenters. The molecule has 1 aliphatic heterocycles. The van der Waals surface area contributed by atoms with Crippen molar-refractivity contribution in [2.24, 2.45) is 0 Å². The molecule has 0 aliphatic carbocycles. The van der Waals surface area contributed by atoms with Gasteiger partial charge in [0.05, 0.1) is 13.2 Å². The zero-order valence-electron chi connectivity index (χ0n) is 11.1. The average Bonchev–Trinajstić information content (AvgIpc) is 2.92. The van der Waals surface area contributed by atoms with E-state index in [0.717, 1.165) is 13.1 Å². The summed E-state index contributed by atoms with van der Waals surface area (Å²) >= 11 is 0. The Bertz CT molecular complexity index is 376. The number of anilines is 1. The summed E-state index contributed by atoms with van der Waals surface area (Å²) in [6, 6.07) is 8.56. The third kappa shape index (κ3) is 3.34. The molecule has 1 saturated heterocycles. The van der Waals surface area contributed by atoms with Crippen molar-refractivity contribution in [2.45, 2.75) is 20.1 Å². The van der Waals surface area contributed by atoms with E-state index in [9.17, 15) is 0 Å². The molecule has 0 aromatic heterocycles. The van der Waals surface area contributed by atoms with Crippen LogP contribution in [0.15, 0.2) is 30.3 Å². The molecule has 1 aromatic carbocycles. The Labute approximate surface area is 109 Å². The molecule has 1 fully saturated rings. The van der Waals surface area contributed by atoms with E-state index >= 15 is 0 Å². The fraction of sp³-hybridized carbons (Fsp3) is 0.467. The van der Waals surface area contributed by atoms with Crippen molar-refractivity contribution in [3.8, 4) is 0 Å². The summed E-state index contributed by atoms with van der Waals surface area (Å²) in [6.07, 6.45) is 3.83. The zero-order chi connectivity index (χ0) is 12.8. The predicted octanol–water partition coefficient (Wildman–Crippen LogP) is 2.92. The summed E-state index contributed by atoms with van der Waals surface area (Å²) in [5.41, 5.74) is 2.44. The summed E-state index contributed by atoms with van der Waals surface area (Å²) in [7, 11) is 0. The van der Waals surface area contributed by atoms with Gasteiger partial charge in [-0.3, -0.25) is 0 Å². The van der Waals surface area contributed by atoms with Crippen LogP contribution in [-0.4, -0.2) is 32.6 Å². The van der Waals surface area contributed by atoms with Crippen LogP contribution in [0.5, 0.6) is 0 Å². The maximum atomic E-state index is 5.35. The van der Waals surface area contributed by atoms with Crippen LogP contribution >= 0.6 is 0 Å². The molecule has 0 radical (unpaired) electrons. The molecule has 1 aromatic rings. The Morgan fingerprint density at radius 2 is 1.72 bits per heavy atom. The van der Waals surface area contributed by atoms with Crippen LogP contribution in [0.4, 0.5) is 5.69 Å². The Morgan fingerprint density at radius 1 is 1.11 bits per heavy atom. The first-order valence-electron chi connectivity index (χ1n) is 6.60. The lowest BCUT2D eigenvalue weighted by Crippen LogP contribution is -2.21. The molecule has 18 heavy (non-hydrogen) atoms. The van der Waals surface area contributed by atoms with Gasteiger partial charge >= 0.3 is 0 Å². The van der Waals surface area contributed by atoms with Gasteiger partial charge in [-0.2, -0.15) is 0 Å². The van der Waals surface area contributed by atoms with Crippen molar-refractivity contribution in [1.29, 1.82) is 0 Å².